The molecule has 0 aromatic heterocycles. The van der Waals surface area contributed by atoms with Crippen LogP contribution in [-0.4, -0.2) is 27.1 Å². The molecule has 0 radical (unpaired) electrons. The van der Waals surface area contributed by atoms with Gasteiger partial charge in [0.05, 0.1) is 17.6 Å². The van der Waals surface area contributed by atoms with Crippen LogP contribution in [0.3, 0.4) is 0 Å². The van der Waals surface area contributed by atoms with Crippen molar-refractivity contribution in [3.8, 4) is 0 Å². The number of aryl methyl sites for hydroxylation is 1. The minimum atomic E-state index is -3.70. The minimum Gasteiger partial charge on any atom is -0.322 e. The lowest BCUT2D eigenvalue weighted by Crippen LogP contribution is -2.37. The summed E-state index contributed by atoms with van der Waals surface area (Å²) in [5.74, 6) is -1.26. The average molecular weight is 494 g/mol. The van der Waals surface area contributed by atoms with Gasteiger partial charge in [-0.25, -0.2) is 12.8 Å². The Labute approximate surface area is 162 Å². The second kappa shape index (κ2) is 7.84. The quantitative estimate of drug-likeness (QED) is 0.682. The molecule has 0 saturated heterocycles. The summed E-state index contributed by atoms with van der Waals surface area (Å²) in [6, 6.07) is 9.12. The fourth-order valence-corrected chi connectivity index (χ4v) is 3.52. The number of sulfonamides is 1. The zero-order chi connectivity index (χ0) is 18.8. The predicted molar refractivity (Wildman–Crippen MR) is 104 cm³/mol. The number of benzene rings is 2. The molecule has 0 aliphatic rings. The predicted octanol–water partition coefficient (Wildman–Crippen LogP) is 4.06. The van der Waals surface area contributed by atoms with Crippen LogP contribution in [0.15, 0.2) is 45.3 Å². The third kappa shape index (κ3) is 5.26. The molecule has 0 fully saturated rings. The zero-order valence-corrected chi connectivity index (χ0v) is 17.4. The summed E-state index contributed by atoms with van der Waals surface area (Å²) in [5, 5.41) is 2.39. The highest BCUT2D eigenvalue weighted by Gasteiger charge is 2.22. The lowest BCUT2D eigenvalue weighted by Gasteiger charge is -2.22. The van der Waals surface area contributed by atoms with Gasteiger partial charge in [-0.05, 0) is 48.9 Å². The molecule has 2 rings (SSSR count). The molecule has 0 bridgehead atoms. The van der Waals surface area contributed by atoms with Crippen molar-refractivity contribution in [3.05, 3.63) is 56.7 Å². The number of hydrogen-bond acceptors (Lipinski definition) is 3. The second-order valence-electron chi connectivity index (χ2n) is 5.38. The normalized spacial score (nSPS) is 11.2. The number of rotatable bonds is 5. The first kappa shape index (κ1) is 19.9. The molecule has 0 spiro atoms. The Hall–Kier alpha value is -1.45. The number of halogens is 3. The molecule has 9 heteroatoms. The first-order valence-electron chi connectivity index (χ1n) is 7.06. The van der Waals surface area contributed by atoms with Crippen LogP contribution in [0.4, 0.5) is 15.8 Å². The van der Waals surface area contributed by atoms with E-state index in [-0.39, 0.29) is 5.69 Å². The average Bonchev–Trinajstić information content (AvgIpc) is 2.49. The maximum atomic E-state index is 13.8. The van der Waals surface area contributed by atoms with Crippen LogP contribution in [0.5, 0.6) is 0 Å². The lowest BCUT2D eigenvalue weighted by molar-refractivity contribution is -0.114. The number of amides is 1. The molecule has 0 aliphatic carbocycles. The Morgan fingerprint density at radius 1 is 1.20 bits per heavy atom. The number of nitrogens with one attached hydrogen (secondary N) is 1. The van der Waals surface area contributed by atoms with E-state index >= 15 is 0 Å². The Kier molecular flexibility index (Phi) is 6.23. The van der Waals surface area contributed by atoms with Gasteiger partial charge >= 0.3 is 0 Å². The van der Waals surface area contributed by atoms with Gasteiger partial charge in [0, 0.05) is 8.95 Å². The van der Waals surface area contributed by atoms with E-state index in [1.807, 2.05) is 6.92 Å². The fourth-order valence-electron chi connectivity index (χ4n) is 2.10. The van der Waals surface area contributed by atoms with E-state index in [1.165, 1.54) is 12.1 Å². The number of hydrogen-bond donors (Lipinski definition) is 1. The molecule has 0 aliphatic heterocycles. The van der Waals surface area contributed by atoms with E-state index < -0.39 is 28.3 Å². The molecule has 5 nitrogen and oxygen atoms in total. The van der Waals surface area contributed by atoms with Gasteiger partial charge in [-0.15, -0.1) is 0 Å². The summed E-state index contributed by atoms with van der Waals surface area (Å²) < 4.78 is 40.3. The Morgan fingerprint density at radius 2 is 1.88 bits per heavy atom. The van der Waals surface area contributed by atoms with Gasteiger partial charge in [0.25, 0.3) is 0 Å². The molecule has 0 heterocycles. The van der Waals surface area contributed by atoms with Gasteiger partial charge < -0.3 is 5.32 Å². The Morgan fingerprint density at radius 3 is 2.44 bits per heavy atom. The SMILES string of the molecule is Cc1cc(N(CC(=O)Nc2ccc(Br)cc2F)S(C)(=O)=O)ccc1Br. The topological polar surface area (TPSA) is 66.5 Å². The van der Waals surface area contributed by atoms with Crippen molar-refractivity contribution in [2.24, 2.45) is 0 Å². The second-order valence-corrected chi connectivity index (χ2v) is 9.05. The molecule has 134 valence electrons. The number of anilines is 2. The van der Waals surface area contributed by atoms with Gasteiger partial charge in [0.15, 0.2) is 0 Å². The first-order valence-corrected chi connectivity index (χ1v) is 10.5. The Balaban J connectivity index is 2.25. The third-order valence-electron chi connectivity index (χ3n) is 3.32. The van der Waals surface area contributed by atoms with Gasteiger partial charge in [-0.3, -0.25) is 9.10 Å². The highest BCUT2D eigenvalue weighted by Crippen LogP contribution is 2.25. The highest BCUT2D eigenvalue weighted by molar-refractivity contribution is 9.10. The summed E-state index contributed by atoms with van der Waals surface area (Å²) in [6.45, 7) is 1.35. The molecule has 2 aromatic carbocycles. The van der Waals surface area contributed by atoms with Crippen molar-refractivity contribution in [1.29, 1.82) is 0 Å². The smallest absolute Gasteiger partial charge is 0.245 e. The minimum absolute atomic E-state index is 0.0198. The zero-order valence-electron chi connectivity index (χ0n) is 13.4. The third-order valence-corrected chi connectivity index (χ3v) is 5.85. The van der Waals surface area contributed by atoms with Crippen LogP contribution in [0.2, 0.25) is 0 Å². The molecule has 1 amide bonds. The van der Waals surface area contributed by atoms with E-state index in [0.29, 0.717) is 10.2 Å². The van der Waals surface area contributed by atoms with E-state index in [4.69, 9.17) is 0 Å². The molecule has 0 unspecified atom stereocenters. The number of nitrogens with zero attached hydrogens (tertiary/aromatic N) is 1. The maximum absolute atomic E-state index is 13.8. The molecule has 25 heavy (non-hydrogen) atoms. The van der Waals surface area contributed by atoms with Crippen LogP contribution < -0.4 is 9.62 Å². The van der Waals surface area contributed by atoms with Gasteiger partial charge in [-0.2, -0.15) is 0 Å². The summed E-state index contributed by atoms with van der Waals surface area (Å²) in [6.07, 6.45) is 1.01. The van der Waals surface area contributed by atoms with E-state index in [9.17, 15) is 17.6 Å². The highest BCUT2D eigenvalue weighted by atomic mass is 79.9. The first-order chi connectivity index (χ1) is 11.6. The standard InChI is InChI=1S/C16H15Br2FN2O3S/c1-10-7-12(4-5-13(10)18)21(25(2,23)24)9-16(22)20-15-6-3-11(17)8-14(15)19/h3-8H,9H2,1-2H3,(H,20,22). The van der Waals surface area contributed by atoms with Crippen LogP contribution >= 0.6 is 31.9 Å². The van der Waals surface area contributed by atoms with Crippen LogP contribution in [0.1, 0.15) is 5.56 Å². The van der Waals surface area contributed by atoms with Crippen molar-refractivity contribution in [2.75, 3.05) is 22.4 Å². The van der Waals surface area contributed by atoms with Crippen molar-refractivity contribution in [1.82, 2.24) is 0 Å². The summed E-state index contributed by atoms with van der Waals surface area (Å²) >= 11 is 6.47. The number of carbonyl (C=O) groups is 1. The molecule has 2 aromatic rings. The molecule has 1 N–H and O–H groups in total. The molecular formula is C16H15Br2FN2O3S. The summed E-state index contributed by atoms with van der Waals surface area (Å²) in [5.41, 5.74) is 1.16. The number of carbonyl (C=O) groups excluding carboxylic acids is 1. The van der Waals surface area contributed by atoms with Crippen LogP contribution in [-0.2, 0) is 14.8 Å². The molecule has 0 saturated carbocycles. The maximum Gasteiger partial charge on any atom is 0.245 e. The van der Waals surface area contributed by atoms with Gasteiger partial charge in [0.1, 0.15) is 12.4 Å². The van der Waals surface area contributed by atoms with E-state index in [2.05, 4.69) is 37.2 Å². The Bertz CT molecular complexity index is 920. The lowest BCUT2D eigenvalue weighted by atomic mass is 10.2. The fraction of sp³-hybridized carbons (Fsp3) is 0.188. The van der Waals surface area contributed by atoms with Gasteiger partial charge in [-0.1, -0.05) is 31.9 Å². The van der Waals surface area contributed by atoms with Crippen molar-refractivity contribution >= 4 is 59.2 Å². The van der Waals surface area contributed by atoms with Crippen LogP contribution in [0, 0.1) is 12.7 Å². The monoisotopic (exact) mass is 492 g/mol. The van der Waals surface area contributed by atoms with Crippen LogP contribution in [0.25, 0.3) is 0 Å². The summed E-state index contributed by atoms with van der Waals surface area (Å²) in [7, 11) is -3.70. The largest absolute Gasteiger partial charge is 0.322 e. The molecular weight excluding hydrogens is 479 g/mol. The van der Waals surface area contributed by atoms with E-state index in [0.717, 1.165) is 20.6 Å². The summed E-state index contributed by atoms with van der Waals surface area (Å²) in [4.78, 5) is 12.2. The van der Waals surface area contributed by atoms with Crippen molar-refractivity contribution in [3.63, 3.8) is 0 Å². The van der Waals surface area contributed by atoms with E-state index in [1.54, 1.807) is 24.3 Å². The van der Waals surface area contributed by atoms with Crippen molar-refractivity contribution < 1.29 is 17.6 Å². The van der Waals surface area contributed by atoms with Gasteiger partial charge in [0.2, 0.25) is 15.9 Å². The van der Waals surface area contributed by atoms with Crippen molar-refractivity contribution in [2.45, 2.75) is 6.92 Å². The molecule has 0 atom stereocenters.